The van der Waals surface area contributed by atoms with Crippen molar-refractivity contribution >= 4 is 22.8 Å². The maximum Gasteiger partial charge on any atom is 0.280 e. The lowest BCUT2D eigenvalue weighted by Gasteiger charge is -2.30. The Morgan fingerprint density at radius 3 is 2.46 bits per heavy atom. The van der Waals surface area contributed by atoms with E-state index in [2.05, 4.69) is 36.8 Å². The van der Waals surface area contributed by atoms with E-state index in [1.165, 1.54) is 24.3 Å². The first kappa shape index (κ1) is 27.1. The zero-order valence-corrected chi connectivity index (χ0v) is 22.8. The third-order valence-corrected chi connectivity index (χ3v) is 7.71. The van der Waals surface area contributed by atoms with Crippen LogP contribution in [0, 0.1) is 11.7 Å². The average molecular weight is 537 g/mol. The number of piperidine rings is 1. The van der Waals surface area contributed by atoms with Gasteiger partial charge in [0.05, 0.1) is 17.2 Å². The summed E-state index contributed by atoms with van der Waals surface area (Å²) in [7, 11) is 2.11. The third-order valence-electron chi connectivity index (χ3n) is 7.71. The van der Waals surface area contributed by atoms with Crippen LogP contribution in [0.15, 0.2) is 41.5 Å². The molecule has 0 radical (unpaired) electrons. The van der Waals surface area contributed by atoms with Crippen molar-refractivity contribution in [2.45, 2.75) is 70.6 Å². The van der Waals surface area contributed by atoms with E-state index >= 15 is 0 Å². The smallest absolute Gasteiger partial charge is 0.280 e. The molecule has 208 valence electrons. The fourth-order valence-corrected chi connectivity index (χ4v) is 5.56. The Morgan fingerprint density at radius 1 is 1.10 bits per heavy atom. The molecule has 10 heteroatoms. The first-order valence-corrected chi connectivity index (χ1v) is 13.9. The fraction of sp³-hybridized carbons (Fsp3) is 0.517. The molecule has 2 fully saturated rings. The number of imidazole rings is 1. The van der Waals surface area contributed by atoms with Crippen molar-refractivity contribution in [1.82, 2.24) is 24.8 Å². The van der Waals surface area contributed by atoms with Gasteiger partial charge in [-0.2, -0.15) is 4.99 Å². The van der Waals surface area contributed by atoms with Crippen molar-refractivity contribution in [3.8, 4) is 5.88 Å². The summed E-state index contributed by atoms with van der Waals surface area (Å²) in [5.41, 5.74) is 2.32. The van der Waals surface area contributed by atoms with E-state index in [9.17, 15) is 14.0 Å². The van der Waals surface area contributed by atoms with Gasteiger partial charge in [-0.15, -0.1) is 0 Å². The number of hydrogen-bond acceptors (Lipinski definition) is 5. The number of amides is 2. The molecule has 2 amide bonds. The lowest BCUT2D eigenvalue weighted by Crippen LogP contribution is -2.38. The fourth-order valence-electron chi connectivity index (χ4n) is 5.56. The molecule has 0 unspecified atom stereocenters. The summed E-state index contributed by atoms with van der Waals surface area (Å²) >= 11 is 0. The lowest BCUT2D eigenvalue weighted by molar-refractivity contribution is -0.126. The lowest BCUT2D eigenvalue weighted by atomic mass is 9.85. The van der Waals surface area contributed by atoms with Crippen LogP contribution >= 0.6 is 0 Å². The van der Waals surface area contributed by atoms with Gasteiger partial charge < -0.3 is 24.5 Å². The molecular formula is C29H37FN6O3. The van der Waals surface area contributed by atoms with Gasteiger partial charge in [0, 0.05) is 42.7 Å². The highest BCUT2D eigenvalue weighted by molar-refractivity contribution is 5.94. The summed E-state index contributed by atoms with van der Waals surface area (Å²) in [5, 5.41) is 3.03. The number of rotatable bonds is 6. The Morgan fingerprint density at radius 2 is 1.79 bits per heavy atom. The number of aromatic amines is 1. The topological polar surface area (TPSA) is 105 Å². The van der Waals surface area contributed by atoms with Gasteiger partial charge >= 0.3 is 0 Å². The van der Waals surface area contributed by atoms with Crippen LogP contribution in [-0.2, 0) is 4.79 Å². The molecule has 9 nitrogen and oxygen atoms in total. The number of pyridine rings is 1. The number of aromatic nitrogens is 3. The highest BCUT2D eigenvalue weighted by Crippen LogP contribution is 2.34. The van der Waals surface area contributed by atoms with Crippen LogP contribution in [0.3, 0.4) is 0 Å². The Balaban J connectivity index is 1.47. The standard InChI is InChI=1S/C29H37FN6O3/c1-18(2)32-27(37)20-6-10-22(11-7-20)36-25-16-26(39-23-12-14-35(3)15-13-23)31-17-24(25)33-29(36)34-28(38)19-4-8-21(30)9-5-19/h4-5,8-9,16-18,20,22-23H,6-7,10-15H2,1-3H3,(H,32,37)(H,33,34,38). The number of carbonyl (C=O) groups excluding carboxylic acids is 2. The number of hydrogen-bond donors (Lipinski definition) is 2. The Bertz CT molecular complexity index is 1380. The molecule has 1 aliphatic carbocycles. The van der Waals surface area contributed by atoms with Crippen molar-refractivity contribution in [3.05, 3.63) is 53.5 Å². The van der Waals surface area contributed by atoms with Gasteiger partial charge in [0.1, 0.15) is 11.9 Å². The molecule has 0 spiro atoms. The second-order valence-electron chi connectivity index (χ2n) is 11.1. The van der Waals surface area contributed by atoms with Gasteiger partial charge in [-0.1, -0.05) is 0 Å². The van der Waals surface area contributed by atoms with Gasteiger partial charge in [0.25, 0.3) is 5.91 Å². The summed E-state index contributed by atoms with van der Waals surface area (Å²) in [6.07, 6.45) is 6.76. The summed E-state index contributed by atoms with van der Waals surface area (Å²) in [6, 6.07) is 7.44. The van der Waals surface area contributed by atoms with Gasteiger partial charge in [0.15, 0.2) is 0 Å². The number of carbonyl (C=O) groups is 2. The molecule has 2 aliphatic rings. The molecule has 39 heavy (non-hydrogen) atoms. The Hall–Kier alpha value is -3.53. The molecule has 2 N–H and O–H groups in total. The number of ether oxygens (including phenoxy) is 1. The zero-order valence-electron chi connectivity index (χ0n) is 22.8. The van der Waals surface area contributed by atoms with Gasteiger partial charge in [-0.3, -0.25) is 9.59 Å². The van der Waals surface area contributed by atoms with Gasteiger partial charge in [-0.05, 0) is 83.7 Å². The second-order valence-corrected chi connectivity index (χ2v) is 11.1. The first-order valence-electron chi connectivity index (χ1n) is 13.9. The van der Waals surface area contributed by atoms with E-state index in [-0.39, 0.29) is 30.0 Å². The molecule has 2 aromatic heterocycles. The van der Waals surface area contributed by atoms with Crippen molar-refractivity contribution < 1.29 is 18.7 Å². The molecule has 1 saturated heterocycles. The maximum atomic E-state index is 13.4. The SMILES string of the molecule is CC(C)NC(=O)C1CCC(n2/c(=N/C(=O)c3ccc(F)cc3)[nH]c3cnc(OC4CCN(C)CC4)cc32)CC1. The largest absolute Gasteiger partial charge is 0.474 e. The molecule has 1 aliphatic heterocycles. The van der Waals surface area contributed by atoms with Crippen LogP contribution < -0.4 is 15.7 Å². The normalized spacial score (nSPS) is 21.4. The monoisotopic (exact) mass is 536 g/mol. The van der Waals surface area contributed by atoms with E-state index < -0.39 is 11.7 Å². The molecule has 1 aromatic carbocycles. The number of nitrogens with zero attached hydrogens (tertiary/aromatic N) is 4. The van der Waals surface area contributed by atoms with E-state index in [4.69, 9.17) is 4.74 Å². The molecule has 3 aromatic rings. The van der Waals surface area contributed by atoms with Crippen LogP contribution in [0.25, 0.3) is 11.0 Å². The number of halogens is 1. The molecular weight excluding hydrogens is 499 g/mol. The van der Waals surface area contributed by atoms with Crippen LogP contribution in [0.5, 0.6) is 5.88 Å². The highest BCUT2D eigenvalue weighted by Gasteiger charge is 2.29. The van der Waals surface area contributed by atoms with Gasteiger partial charge in [0.2, 0.25) is 17.4 Å². The Labute approximate surface area is 227 Å². The number of benzene rings is 1. The van der Waals surface area contributed by atoms with Crippen LogP contribution in [0.1, 0.15) is 68.8 Å². The van der Waals surface area contributed by atoms with Crippen molar-refractivity contribution in [1.29, 1.82) is 0 Å². The van der Waals surface area contributed by atoms with Crippen molar-refractivity contribution in [2.24, 2.45) is 10.9 Å². The zero-order chi connectivity index (χ0) is 27.5. The average Bonchev–Trinajstić information content (AvgIpc) is 3.27. The quantitative estimate of drug-likeness (QED) is 0.496. The maximum absolute atomic E-state index is 13.4. The Kier molecular flexibility index (Phi) is 8.11. The van der Waals surface area contributed by atoms with Crippen molar-refractivity contribution in [2.75, 3.05) is 20.1 Å². The van der Waals surface area contributed by atoms with E-state index in [1.54, 1.807) is 6.20 Å². The number of nitrogens with one attached hydrogen (secondary N) is 2. The first-order chi connectivity index (χ1) is 18.8. The van der Waals surface area contributed by atoms with E-state index in [1.807, 2.05) is 19.9 Å². The van der Waals surface area contributed by atoms with E-state index in [0.29, 0.717) is 17.1 Å². The number of likely N-dealkylation sites (tertiary alicyclic amines) is 1. The summed E-state index contributed by atoms with van der Waals surface area (Å²) < 4.78 is 21.7. The second kappa shape index (κ2) is 11.7. The molecule has 5 rings (SSSR count). The summed E-state index contributed by atoms with van der Waals surface area (Å²) in [5.74, 6) is -0.251. The van der Waals surface area contributed by atoms with Crippen LogP contribution in [-0.4, -0.2) is 63.5 Å². The molecule has 0 atom stereocenters. The van der Waals surface area contributed by atoms with Crippen LogP contribution in [0.4, 0.5) is 4.39 Å². The minimum absolute atomic E-state index is 0.0271. The predicted molar refractivity (Wildman–Crippen MR) is 146 cm³/mol. The highest BCUT2D eigenvalue weighted by atomic mass is 19.1. The van der Waals surface area contributed by atoms with Crippen molar-refractivity contribution in [3.63, 3.8) is 0 Å². The summed E-state index contributed by atoms with van der Waals surface area (Å²) in [6.45, 7) is 5.91. The number of fused-ring (bicyclic) bond motifs is 1. The van der Waals surface area contributed by atoms with Crippen LogP contribution in [0.2, 0.25) is 0 Å². The predicted octanol–water partition coefficient (Wildman–Crippen LogP) is 3.97. The third kappa shape index (κ3) is 6.38. The minimum Gasteiger partial charge on any atom is -0.474 e. The minimum atomic E-state index is -0.462. The number of H-pyrrole nitrogens is 1. The summed E-state index contributed by atoms with van der Waals surface area (Å²) in [4.78, 5) is 40.1. The molecule has 0 bridgehead atoms. The molecule has 1 saturated carbocycles. The van der Waals surface area contributed by atoms with E-state index in [0.717, 1.165) is 62.6 Å². The molecule has 3 heterocycles. The van der Waals surface area contributed by atoms with Gasteiger partial charge in [-0.25, -0.2) is 9.37 Å².